The first kappa shape index (κ1) is 20.1. The van der Waals surface area contributed by atoms with E-state index in [9.17, 15) is 8.42 Å². The first-order chi connectivity index (χ1) is 14.3. The number of likely N-dealkylation sites (N-methyl/N-ethyl adjacent to an activating group) is 1. The molecule has 5 rings (SSSR count). The van der Waals surface area contributed by atoms with Gasteiger partial charge >= 0.3 is 0 Å². The van der Waals surface area contributed by atoms with Crippen LogP contribution in [0.1, 0.15) is 18.5 Å². The Kier molecular flexibility index (Phi) is 4.74. The smallest absolute Gasteiger partial charge is 0.269 e. The minimum atomic E-state index is -3.66. The van der Waals surface area contributed by atoms with Crippen molar-refractivity contribution >= 4 is 36.9 Å². The highest BCUT2D eigenvalue weighted by atomic mass is 79.9. The van der Waals surface area contributed by atoms with Crippen LogP contribution in [0.25, 0.3) is 22.2 Å². The minimum Gasteiger partial charge on any atom is -0.497 e. The topological polar surface area (TPSA) is 54.8 Å². The summed E-state index contributed by atoms with van der Waals surface area (Å²) in [5.41, 5.74) is 3.27. The summed E-state index contributed by atoms with van der Waals surface area (Å²) >= 11 is 3.58. The van der Waals surface area contributed by atoms with Crippen LogP contribution in [-0.4, -0.2) is 62.5 Å². The second-order valence-corrected chi connectivity index (χ2v) is 10.7. The third kappa shape index (κ3) is 2.85. The first-order valence-electron chi connectivity index (χ1n) is 10.0. The Morgan fingerprint density at radius 2 is 1.80 bits per heavy atom. The Bertz CT molecular complexity index is 1260. The largest absolute Gasteiger partial charge is 0.497 e. The highest BCUT2D eigenvalue weighted by Gasteiger charge is 2.39. The summed E-state index contributed by atoms with van der Waals surface area (Å²) < 4.78 is 34.9. The molecule has 3 aromatic rings. The number of benzene rings is 2. The molecule has 2 aliphatic rings. The lowest BCUT2D eigenvalue weighted by molar-refractivity contribution is 0.120. The average molecular weight is 490 g/mol. The number of methoxy groups -OCH3 is 1. The molecule has 0 unspecified atom stereocenters. The highest BCUT2D eigenvalue weighted by molar-refractivity contribution is 9.10. The van der Waals surface area contributed by atoms with Crippen LogP contribution < -0.4 is 4.74 Å². The molecule has 1 atom stereocenters. The number of hydrogen-bond donors (Lipinski definition) is 0. The zero-order chi connectivity index (χ0) is 21.2. The second kappa shape index (κ2) is 7.09. The fourth-order valence-corrected chi connectivity index (χ4v) is 6.81. The molecule has 2 aliphatic heterocycles. The van der Waals surface area contributed by atoms with Crippen LogP contribution in [-0.2, 0) is 10.0 Å². The Morgan fingerprint density at radius 3 is 2.50 bits per heavy atom. The molecule has 1 saturated heterocycles. The van der Waals surface area contributed by atoms with Crippen LogP contribution >= 0.6 is 15.9 Å². The third-order valence-electron chi connectivity index (χ3n) is 6.39. The van der Waals surface area contributed by atoms with Gasteiger partial charge in [-0.1, -0.05) is 15.9 Å². The van der Waals surface area contributed by atoms with Crippen molar-refractivity contribution in [3.05, 3.63) is 46.4 Å². The summed E-state index contributed by atoms with van der Waals surface area (Å²) in [4.78, 5) is 5.11. The van der Waals surface area contributed by atoms with Gasteiger partial charge in [0.25, 0.3) is 10.0 Å². The van der Waals surface area contributed by atoms with Crippen LogP contribution in [0.4, 0.5) is 0 Å². The summed E-state index contributed by atoms with van der Waals surface area (Å²) in [7, 11) is 0.0789. The van der Waals surface area contributed by atoms with E-state index in [4.69, 9.17) is 4.74 Å². The lowest BCUT2D eigenvalue weighted by atomic mass is 9.98. The van der Waals surface area contributed by atoms with Crippen molar-refractivity contribution < 1.29 is 13.2 Å². The van der Waals surface area contributed by atoms with E-state index >= 15 is 0 Å². The maximum Gasteiger partial charge on any atom is 0.269 e. The fourth-order valence-electron chi connectivity index (χ4n) is 4.72. The van der Waals surface area contributed by atoms with Crippen LogP contribution in [0.2, 0.25) is 0 Å². The van der Waals surface area contributed by atoms with Gasteiger partial charge in [0, 0.05) is 53.2 Å². The van der Waals surface area contributed by atoms with Gasteiger partial charge in [0.1, 0.15) is 5.75 Å². The molecule has 0 spiro atoms. The van der Waals surface area contributed by atoms with E-state index in [1.165, 1.54) is 3.97 Å². The third-order valence-corrected chi connectivity index (χ3v) is 8.65. The fraction of sp³-hybridized carbons (Fsp3) is 0.364. The zero-order valence-electron chi connectivity index (χ0n) is 17.2. The van der Waals surface area contributed by atoms with Crippen LogP contribution in [0.3, 0.4) is 0 Å². The molecule has 6 nitrogen and oxygen atoms in total. The molecule has 158 valence electrons. The quantitative estimate of drug-likeness (QED) is 0.436. The molecule has 0 bridgehead atoms. The molecule has 3 heterocycles. The summed E-state index contributed by atoms with van der Waals surface area (Å²) in [5, 5.41) is 0.975. The van der Waals surface area contributed by atoms with Gasteiger partial charge < -0.3 is 9.64 Å². The van der Waals surface area contributed by atoms with E-state index in [2.05, 4.69) is 39.7 Å². The number of hydrogen-bond acceptors (Lipinski definition) is 5. The number of nitrogens with zero attached hydrogens (tertiary/aromatic N) is 3. The summed E-state index contributed by atoms with van der Waals surface area (Å²) in [5.74, 6) is 0.655. The molecular weight excluding hydrogens is 466 g/mol. The monoisotopic (exact) mass is 489 g/mol. The molecule has 0 saturated carbocycles. The van der Waals surface area contributed by atoms with Crippen LogP contribution in [0, 0.1) is 0 Å². The van der Waals surface area contributed by atoms with E-state index in [1.54, 1.807) is 19.2 Å². The maximum absolute atomic E-state index is 13.5. The summed E-state index contributed by atoms with van der Waals surface area (Å²) in [6, 6.07) is 11.1. The van der Waals surface area contributed by atoms with Gasteiger partial charge in [-0.3, -0.25) is 4.90 Å². The van der Waals surface area contributed by atoms with Crippen molar-refractivity contribution in [3.8, 4) is 17.0 Å². The molecular formula is C22H24BrN3O3S. The maximum atomic E-state index is 13.5. The molecule has 1 fully saturated rings. The van der Waals surface area contributed by atoms with E-state index in [1.807, 2.05) is 24.3 Å². The van der Waals surface area contributed by atoms with Crippen LogP contribution in [0.15, 0.2) is 45.8 Å². The normalized spacial score (nSPS) is 19.6. The molecule has 0 N–H and O–H groups in total. The van der Waals surface area contributed by atoms with Crippen molar-refractivity contribution in [3.63, 3.8) is 0 Å². The van der Waals surface area contributed by atoms with Gasteiger partial charge in [-0.25, -0.2) is 12.4 Å². The lowest BCUT2D eigenvalue weighted by Gasteiger charge is -2.36. The molecule has 0 radical (unpaired) electrons. The van der Waals surface area contributed by atoms with E-state index < -0.39 is 10.0 Å². The number of rotatable bonds is 3. The average Bonchev–Trinajstić information content (AvgIpc) is 3.18. The SMILES string of the molecule is COc1ccc2c(c1)-c1c([C@@H](C)N3CCN(C)CC3)c3cc(Br)ccc3n1S2(=O)=O. The van der Waals surface area contributed by atoms with Crippen molar-refractivity contribution in [2.45, 2.75) is 17.9 Å². The highest BCUT2D eigenvalue weighted by Crippen LogP contribution is 2.49. The van der Waals surface area contributed by atoms with Crippen molar-refractivity contribution in [2.24, 2.45) is 0 Å². The number of piperazine rings is 1. The summed E-state index contributed by atoms with van der Waals surface area (Å²) in [6.45, 7) is 6.10. The van der Waals surface area contributed by atoms with Gasteiger partial charge in [0.2, 0.25) is 0 Å². The predicted molar refractivity (Wildman–Crippen MR) is 122 cm³/mol. The standard InChI is InChI=1S/C22H24BrN3O3S/c1-14(25-10-8-24(2)9-11-25)21-17-12-15(23)4-6-19(17)26-22(21)18-13-16(29-3)5-7-20(18)30(26,27)28/h4-7,12-14H,8-11H2,1-3H3/t14-/m1/s1. The minimum absolute atomic E-state index is 0.0825. The van der Waals surface area contributed by atoms with Gasteiger partial charge in [0.05, 0.1) is 23.2 Å². The van der Waals surface area contributed by atoms with E-state index in [0.29, 0.717) is 10.6 Å². The number of halogens is 1. The van der Waals surface area contributed by atoms with Gasteiger partial charge in [-0.2, -0.15) is 0 Å². The molecule has 0 amide bonds. The molecule has 1 aromatic heterocycles. The predicted octanol–water partition coefficient (Wildman–Crippen LogP) is 3.94. The zero-order valence-corrected chi connectivity index (χ0v) is 19.6. The Balaban J connectivity index is 1.81. The summed E-state index contributed by atoms with van der Waals surface area (Å²) in [6.07, 6.45) is 0. The number of aromatic nitrogens is 1. The van der Waals surface area contributed by atoms with Gasteiger partial charge in [-0.05, 0) is 50.4 Å². The molecule has 8 heteroatoms. The number of fused-ring (bicyclic) bond motifs is 5. The van der Waals surface area contributed by atoms with Crippen LogP contribution in [0.5, 0.6) is 5.75 Å². The molecule has 30 heavy (non-hydrogen) atoms. The van der Waals surface area contributed by atoms with Crippen molar-refractivity contribution in [2.75, 3.05) is 40.3 Å². The Hall–Kier alpha value is -1.87. The van der Waals surface area contributed by atoms with Gasteiger partial charge in [-0.15, -0.1) is 0 Å². The Morgan fingerprint density at radius 1 is 1.07 bits per heavy atom. The van der Waals surface area contributed by atoms with E-state index in [-0.39, 0.29) is 6.04 Å². The number of ether oxygens (including phenoxy) is 1. The van der Waals surface area contributed by atoms with Gasteiger partial charge in [0.15, 0.2) is 0 Å². The van der Waals surface area contributed by atoms with E-state index in [0.717, 1.165) is 58.4 Å². The first-order valence-corrected chi connectivity index (χ1v) is 12.3. The second-order valence-electron chi connectivity index (χ2n) is 8.07. The molecule has 2 aromatic carbocycles. The Labute approximate surface area is 185 Å². The van der Waals surface area contributed by atoms with Crippen molar-refractivity contribution in [1.82, 2.24) is 13.8 Å². The lowest BCUT2D eigenvalue weighted by Crippen LogP contribution is -2.45. The van der Waals surface area contributed by atoms with Crippen molar-refractivity contribution in [1.29, 1.82) is 0 Å². The molecule has 0 aliphatic carbocycles.